The molecule has 1 heterocycles. The predicted octanol–water partition coefficient (Wildman–Crippen LogP) is 1.88. The Hall–Kier alpha value is -1.29. The normalized spacial score (nSPS) is 23.6. The highest BCUT2D eigenvalue weighted by Crippen LogP contribution is 2.31. The highest BCUT2D eigenvalue weighted by molar-refractivity contribution is 5.44. The van der Waals surface area contributed by atoms with Crippen molar-refractivity contribution < 1.29 is 4.74 Å². The number of hydrogen-bond donors (Lipinski definition) is 2. The van der Waals surface area contributed by atoms with E-state index < -0.39 is 0 Å². The zero-order chi connectivity index (χ0) is 12.1. The predicted molar refractivity (Wildman–Crippen MR) is 69.2 cm³/mol. The first kappa shape index (κ1) is 12.2. The van der Waals surface area contributed by atoms with Gasteiger partial charge in [-0.15, -0.1) is 0 Å². The second-order valence-electron chi connectivity index (χ2n) is 4.65. The molecule has 0 saturated heterocycles. The minimum absolute atomic E-state index is 0.650. The fourth-order valence-electron chi connectivity index (χ4n) is 2.57. The van der Waals surface area contributed by atoms with E-state index in [2.05, 4.69) is 10.3 Å². The van der Waals surface area contributed by atoms with Crippen LogP contribution in [0.3, 0.4) is 0 Å². The van der Waals surface area contributed by atoms with Crippen molar-refractivity contribution in [1.82, 2.24) is 4.98 Å². The summed E-state index contributed by atoms with van der Waals surface area (Å²) < 4.78 is 5.10. The van der Waals surface area contributed by atoms with Crippen LogP contribution in [-0.2, 0) is 0 Å². The molecule has 2 atom stereocenters. The van der Waals surface area contributed by atoms with Gasteiger partial charge >= 0.3 is 0 Å². The number of ether oxygens (including phenoxy) is 1. The van der Waals surface area contributed by atoms with E-state index in [1.807, 2.05) is 12.1 Å². The summed E-state index contributed by atoms with van der Waals surface area (Å²) in [6, 6.07) is 3.89. The number of hydrogen-bond acceptors (Lipinski definition) is 4. The molecule has 1 aromatic rings. The van der Waals surface area contributed by atoms with Crippen LogP contribution in [0.1, 0.15) is 19.3 Å². The molecule has 1 aliphatic carbocycles. The van der Waals surface area contributed by atoms with Crippen molar-refractivity contribution in [2.45, 2.75) is 19.3 Å². The van der Waals surface area contributed by atoms with Crippen molar-refractivity contribution in [2.24, 2.45) is 17.6 Å². The number of anilines is 1. The van der Waals surface area contributed by atoms with Crippen LogP contribution in [0.15, 0.2) is 18.3 Å². The quantitative estimate of drug-likeness (QED) is 0.818. The van der Waals surface area contributed by atoms with Crippen LogP contribution >= 0.6 is 0 Å². The Labute approximate surface area is 103 Å². The van der Waals surface area contributed by atoms with Crippen molar-refractivity contribution >= 4 is 5.69 Å². The highest BCUT2D eigenvalue weighted by atomic mass is 16.5. The molecule has 0 aliphatic heterocycles. The van der Waals surface area contributed by atoms with Gasteiger partial charge in [-0.2, -0.15) is 0 Å². The summed E-state index contributed by atoms with van der Waals surface area (Å²) in [7, 11) is 1.63. The first-order chi connectivity index (χ1) is 8.33. The number of nitrogens with zero attached hydrogens (tertiary/aromatic N) is 1. The topological polar surface area (TPSA) is 60.2 Å². The molecule has 0 aromatic carbocycles. The Balaban J connectivity index is 1.88. The number of methoxy groups -OCH3 is 1. The molecule has 1 aromatic heterocycles. The molecule has 0 amide bonds. The van der Waals surface area contributed by atoms with E-state index in [1.165, 1.54) is 19.3 Å². The van der Waals surface area contributed by atoms with Crippen molar-refractivity contribution in [3.63, 3.8) is 0 Å². The maximum absolute atomic E-state index is 5.78. The monoisotopic (exact) mass is 235 g/mol. The first-order valence-electron chi connectivity index (χ1n) is 6.27. The Morgan fingerprint density at radius 1 is 1.47 bits per heavy atom. The molecular weight excluding hydrogens is 214 g/mol. The van der Waals surface area contributed by atoms with Crippen LogP contribution < -0.4 is 15.8 Å². The van der Waals surface area contributed by atoms with E-state index in [-0.39, 0.29) is 0 Å². The van der Waals surface area contributed by atoms with E-state index in [9.17, 15) is 0 Å². The molecule has 1 aliphatic rings. The largest absolute Gasteiger partial charge is 0.481 e. The van der Waals surface area contributed by atoms with E-state index in [1.54, 1.807) is 13.3 Å². The number of rotatable bonds is 5. The molecule has 3 N–H and O–H groups in total. The summed E-state index contributed by atoms with van der Waals surface area (Å²) >= 11 is 0. The first-order valence-corrected chi connectivity index (χ1v) is 6.27. The maximum Gasteiger partial charge on any atom is 0.214 e. The van der Waals surface area contributed by atoms with Gasteiger partial charge in [-0.3, -0.25) is 0 Å². The Bertz CT molecular complexity index is 356. The molecule has 1 fully saturated rings. The van der Waals surface area contributed by atoms with Gasteiger partial charge in [0.2, 0.25) is 5.88 Å². The summed E-state index contributed by atoms with van der Waals surface area (Å²) in [6.07, 6.45) is 5.64. The summed E-state index contributed by atoms with van der Waals surface area (Å²) in [6.45, 7) is 1.81. The minimum atomic E-state index is 0.650. The molecule has 17 heavy (non-hydrogen) atoms. The van der Waals surface area contributed by atoms with Gasteiger partial charge in [0.1, 0.15) is 0 Å². The zero-order valence-electron chi connectivity index (χ0n) is 10.4. The molecule has 0 spiro atoms. The fourth-order valence-corrected chi connectivity index (χ4v) is 2.57. The summed E-state index contributed by atoms with van der Waals surface area (Å²) in [5.41, 5.74) is 6.85. The van der Waals surface area contributed by atoms with Crippen LogP contribution in [0.2, 0.25) is 0 Å². The minimum Gasteiger partial charge on any atom is -0.481 e. The SMILES string of the molecule is COc1cc(NCC2CCCC2CN)ccn1. The van der Waals surface area contributed by atoms with Gasteiger partial charge in [0, 0.05) is 24.5 Å². The molecule has 4 nitrogen and oxygen atoms in total. The van der Waals surface area contributed by atoms with Crippen molar-refractivity contribution in [1.29, 1.82) is 0 Å². The smallest absolute Gasteiger partial charge is 0.214 e. The standard InChI is InChI=1S/C13H21N3O/c1-17-13-7-12(5-6-15-13)16-9-11-4-2-3-10(11)8-14/h5-7,10-11H,2-4,8-9,14H2,1H3,(H,15,16). The van der Waals surface area contributed by atoms with Gasteiger partial charge in [-0.05, 0) is 37.3 Å². The number of nitrogens with one attached hydrogen (secondary N) is 1. The Kier molecular flexibility index (Phi) is 4.20. The van der Waals surface area contributed by atoms with E-state index in [0.717, 1.165) is 18.8 Å². The molecule has 1 saturated carbocycles. The average Bonchev–Trinajstić information content (AvgIpc) is 2.84. The third kappa shape index (κ3) is 3.09. The maximum atomic E-state index is 5.78. The summed E-state index contributed by atoms with van der Waals surface area (Å²) in [5.74, 6) is 2.04. The highest BCUT2D eigenvalue weighted by Gasteiger charge is 2.25. The van der Waals surface area contributed by atoms with Gasteiger partial charge in [-0.1, -0.05) is 6.42 Å². The second-order valence-corrected chi connectivity index (χ2v) is 4.65. The van der Waals surface area contributed by atoms with Gasteiger partial charge in [-0.25, -0.2) is 4.98 Å². The number of aromatic nitrogens is 1. The average molecular weight is 235 g/mol. The molecule has 2 unspecified atom stereocenters. The molecule has 0 bridgehead atoms. The molecule has 4 heteroatoms. The van der Waals surface area contributed by atoms with Crippen LogP contribution in [-0.4, -0.2) is 25.2 Å². The van der Waals surface area contributed by atoms with Gasteiger partial charge in [0.15, 0.2) is 0 Å². The van der Waals surface area contributed by atoms with Gasteiger partial charge in [0.25, 0.3) is 0 Å². The molecule has 94 valence electrons. The van der Waals surface area contributed by atoms with E-state index in [4.69, 9.17) is 10.5 Å². The van der Waals surface area contributed by atoms with Crippen LogP contribution in [0, 0.1) is 11.8 Å². The van der Waals surface area contributed by atoms with Crippen LogP contribution in [0.25, 0.3) is 0 Å². The summed E-state index contributed by atoms with van der Waals surface area (Å²) in [4.78, 5) is 4.09. The van der Waals surface area contributed by atoms with Gasteiger partial charge in [0.05, 0.1) is 7.11 Å². The molecule has 2 rings (SSSR count). The molecule has 0 radical (unpaired) electrons. The fraction of sp³-hybridized carbons (Fsp3) is 0.615. The lowest BCUT2D eigenvalue weighted by Crippen LogP contribution is -2.24. The van der Waals surface area contributed by atoms with Crippen LogP contribution in [0.5, 0.6) is 5.88 Å². The van der Waals surface area contributed by atoms with E-state index in [0.29, 0.717) is 17.7 Å². The lowest BCUT2D eigenvalue weighted by molar-refractivity contribution is 0.397. The van der Waals surface area contributed by atoms with Gasteiger partial charge < -0.3 is 15.8 Å². The molecular formula is C13H21N3O. The Morgan fingerprint density at radius 2 is 2.29 bits per heavy atom. The lowest BCUT2D eigenvalue weighted by Gasteiger charge is -2.19. The third-order valence-corrected chi connectivity index (χ3v) is 3.63. The Morgan fingerprint density at radius 3 is 3.06 bits per heavy atom. The van der Waals surface area contributed by atoms with Crippen LogP contribution in [0.4, 0.5) is 5.69 Å². The zero-order valence-corrected chi connectivity index (χ0v) is 10.4. The number of pyridine rings is 1. The van der Waals surface area contributed by atoms with E-state index >= 15 is 0 Å². The lowest BCUT2D eigenvalue weighted by atomic mass is 9.96. The van der Waals surface area contributed by atoms with Crippen molar-refractivity contribution in [3.05, 3.63) is 18.3 Å². The van der Waals surface area contributed by atoms with Crippen molar-refractivity contribution in [3.8, 4) is 5.88 Å². The third-order valence-electron chi connectivity index (χ3n) is 3.63. The second kappa shape index (κ2) is 5.87. The van der Waals surface area contributed by atoms with Crippen molar-refractivity contribution in [2.75, 3.05) is 25.5 Å². The number of nitrogens with two attached hydrogens (primary N) is 1. The summed E-state index contributed by atoms with van der Waals surface area (Å²) in [5, 5.41) is 3.45.